The fraction of sp³-hybridized carbons (Fsp3) is 0.417. The highest BCUT2D eigenvalue weighted by molar-refractivity contribution is 7.85. The second-order valence-electron chi connectivity index (χ2n) is 4.64. The molecule has 0 aliphatic heterocycles. The molecule has 120 valence electrons. The molecule has 0 saturated heterocycles. The van der Waals surface area contributed by atoms with Gasteiger partial charge in [-0.15, -0.1) is 5.10 Å². The van der Waals surface area contributed by atoms with Crippen molar-refractivity contribution in [3.05, 3.63) is 34.5 Å². The van der Waals surface area contributed by atoms with E-state index in [1.54, 1.807) is 24.4 Å². The predicted molar refractivity (Wildman–Crippen MR) is 80.4 cm³/mol. The van der Waals surface area contributed by atoms with Crippen molar-refractivity contribution < 1.29 is 17.5 Å². The maximum Gasteiger partial charge on any atom is 0.338 e. The van der Waals surface area contributed by atoms with Gasteiger partial charge in [0.15, 0.2) is 0 Å². The molecule has 22 heavy (non-hydrogen) atoms. The Morgan fingerprint density at radius 1 is 1.41 bits per heavy atom. The summed E-state index contributed by atoms with van der Waals surface area (Å²) in [6.45, 7) is 0.519. The first-order valence-electron chi connectivity index (χ1n) is 6.58. The van der Waals surface area contributed by atoms with Crippen LogP contribution < -0.4 is 5.32 Å². The van der Waals surface area contributed by atoms with Crippen molar-refractivity contribution in [3.8, 4) is 0 Å². The van der Waals surface area contributed by atoms with E-state index < -0.39 is 15.0 Å². The summed E-state index contributed by atoms with van der Waals surface area (Å²) in [4.78, 5) is 10.7. The van der Waals surface area contributed by atoms with Gasteiger partial charge >= 0.3 is 5.69 Å². The Morgan fingerprint density at radius 2 is 2.18 bits per heavy atom. The predicted octanol–water partition coefficient (Wildman–Crippen LogP) is 1.41. The van der Waals surface area contributed by atoms with E-state index in [4.69, 9.17) is 0 Å². The Hall–Kier alpha value is -2.20. The highest BCUT2D eigenvalue weighted by atomic mass is 32.2. The van der Waals surface area contributed by atoms with E-state index in [2.05, 4.69) is 14.6 Å². The minimum absolute atomic E-state index is 0.0759. The quantitative estimate of drug-likeness (QED) is 0.337. The highest BCUT2D eigenvalue weighted by Gasteiger charge is 2.22. The highest BCUT2D eigenvalue weighted by Crippen LogP contribution is 2.28. The van der Waals surface area contributed by atoms with Crippen LogP contribution in [0.5, 0.6) is 0 Å². The van der Waals surface area contributed by atoms with E-state index in [0.29, 0.717) is 24.9 Å². The Balaban J connectivity index is 1.94. The average Bonchev–Trinajstić information content (AvgIpc) is 2.79. The molecule has 2 rings (SSSR count). The lowest BCUT2D eigenvalue weighted by Gasteiger charge is -2.03. The van der Waals surface area contributed by atoms with Gasteiger partial charge in [-0.05, 0) is 25.0 Å². The van der Waals surface area contributed by atoms with Gasteiger partial charge < -0.3 is 5.32 Å². The molecule has 0 unspecified atom stereocenters. The third kappa shape index (κ3) is 4.15. The normalized spacial score (nSPS) is 11.7. The third-order valence-electron chi connectivity index (χ3n) is 2.86. The fourth-order valence-corrected chi connectivity index (χ4v) is 2.35. The summed E-state index contributed by atoms with van der Waals surface area (Å²) in [6.07, 6.45) is 3.74. The molecular weight excluding hydrogens is 312 g/mol. The number of pyridine rings is 1. The first kappa shape index (κ1) is 16.2. The second-order valence-corrected chi connectivity index (χ2v) is 6.29. The standard InChI is InChI=1S/C12H16N4O5S/c1-22(19,20)21-9-5-3-7-13-12-11(16(17)18)10-6-2-4-8-15(10)14-12/h2,4,6,8H,3,5,7,9H2,1H3,(H,13,14). The molecule has 2 aromatic heterocycles. The van der Waals surface area contributed by atoms with Gasteiger partial charge in [-0.1, -0.05) is 6.07 Å². The van der Waals surface area contributed by atoms with Crippen molar-refractivity contribution >= 4 is 27.1 Å². The van der Waals surface area contributed by atoms with Gasteiger partial charge in [-0.3, -0.25) is 14.3 Å². The number of fused-ring (bicyclic) bond motifs is 1. The summed E-state index contributed by atoms with van der Waals surface area (Å²) in [5.41, 5.74) is 0.336. The molecule has 0 aliphatic carbocycles. The molecule has 0 spiro atoms. The van der Waals surface area contributed by atoms with Crippen molar-refractivity contribution in [2.45, 2.75) is 12.8 Å². The van der Waals surface area contributed by atoms with Crippen LogP contribution in [0.1, 0.15) is 12.8 Å². The largest absolute Gasteiger partial charge is 0.363 e. The zero-order valence-electron chi connectivity index (χ0n) is 11.9. The third-order valence-corrected chi connectivity index (χ3v) is 3.45. The number of hydrogen-bond donors (Lipinski definition) is 1. The first-order chi connectivity index (χ1) is 10.4. The summed E-state index contributed by atoms with van der Waals surface area (Å²) >= 11 is 0. The lowest BCUT2D eigenvalue weighted by Crippen LogP contribution is -2.08. The van der Waals surface area contributed by atoms with Crippen LogP contribution in [0, 0.1) is 10.1 Å². The van der Waals surface area contributed by atoms with Crippen LogP contribution in [0.3, 0.4) is 0 Å². The topological polar surface area (TPSA) is 116 Å². The molecule has 0 aliphatic rings. The van der Waals surface area contributed by atoms with Gasteiger partial charge in [-0.2, -0.15) is 8.42 Å². The first-order valence-corrected chi connectivity index (χ1v) is 8.40. The van der Waals surface area contributed by atoms with Crippen LogP contribution in [0.25, 0.3) is 5.52 Å². The molecule has 10 heteroatoms. The summed E-state index contributed by atoms with van der Waals surface area (Å²) < 4.78 is 27.6. The van der Waals surface area contributed by atoms with Crippen LogP contribution in [-0.2, 0) is 14.3 Å². The van der Waals surface area contributed by atoms with E-state index in [-0.39, 0.29) is 18.1 Å². The van der Waals surface area contributed by atoms with E-state index in [1.165, 1.54) is 4.52 Å². The fourth-order valence-electron chi connectivity index (χ4n) is 1.93. The van der Waals surface area contributed by atoms with Crippen molar-refractivity contribution in [2.75, 3.05) is 24.7 Å². The number of aromatic nitrogens is 2. The molecule has 0 amide bonds. The number of rotatable bonds is 8. The monoisotopic (exact) mass is 328 g/mol. The Kier molecular flexibility index (Phi) is 4.93. The van der Waals surface area contributed by atoms with E-state index >= 15 is 0 Å². The number of nitro groups is 1. The summed E-state index contributed by atoms with van der Waals surface area (Å²) in [6, 6.07) is 5.06. The molecule has 0 atom stereocenters. The second kappa shape index (κ2) is 6.71. The molecule has 0 bridgehead atoms. The smallest absolute Gasteiger partial charge is 0.338 e. The molecule has 1 N–H and O–H groups in total. The van der Waals surface area contributed by atoms with Crippen molar-refractivity contribution in [3.63, 3.8) is 0 Å². The minimum Gasteiger partial charge on any atom is -0.363 e. The summed E-state index contributed by atoms with van der Waals surface area (Å²) in [7, 11) is -3.42. The maximum atomic E-state index is 11.2. The molecular formula is C12H16N4O5S. The minimum atomic E-state index is -3.42. The summed E-state index contributed by atoms with van der Waals surface area (Å²) in [5.74, 6) is 0.195. The van der Waals surface area contributed by atoms with Crippen LogP contribution in [0.4, 0.5) is 11.5 Å². The van der Waals surface area contributed by atoms with Gasteiger partial charge in [0.1, 0.15) is 5.52 Å². The SMILES string of the molecule is CS(=O)(=O)OCCCCNc1nn2ccccc2c1[N+](=O)[O-]. The summed E-state index contributed by atoms with van der Waals surface area (Å²) in [5, 5.41) is 18.2. The number of nitrogens with zero attached hydrogens (tertiary/aromatic N) is 3. The molecule has 0 fully saturated rings. The Morgan fingerprint density at radius 3 is 2.86 bits per heavy atom. The van der Waals surface area contributed by atoms with E-state index in [0.717, 1.165) is 6.26 Å². The van der Waals surface area contributed by atoms with Gasteiger partial charge in [0, 0.05) is 12.7 Å². The maximum absolute atomic E-state index is 11.2. The van der Waals surface area contributed by atoms with E-state index in [9.17, 15) is 18.5 Å². The Bertz CT molecular complexity index is 771. The van der Waals surface area contributed by atoms with Crippen molar-refractivity contribution in [2.24, 2.45) is 0 Å². The van der Waals surface area contributed by atoms with Crippen LogP contribution >= 0.6 is 0 Å². The molecule has 2 aromatic rings. The Labute approximate surface area is 127 Å². The molecule has 0 aromatic carbocycles. The number of anilines is 1. The van der Waals surface area contributed by atoms with Crippen LogP contribution in [-0.4, -0.2) is 42.4 Å². The lowest BCUT2D eigenvalue weighted by molar-refractivity contribution is -0.382. The average molecular weight is 328 g/mol. The number of nitrogens with one attached hydrogen (secondary N) is 1. The van der Waals surface area contributed by atoms with Crippen molar-refractivity contribution in [1.82, 2.24) is 9.61 Å². The molecule has 9 nitrogen and oxygen atoms in total. The molecule has 2 heterocycles. The van der Waals surface area contributed by atoms with Gasteiger partial charge in [0.25, 0.3) is 10.1 Å². The van der Waals surface area contributed by atoms with Gasteiger partial charge in [-0.25, -0.2) is 4.52 Å². The van der Waals surface area contributed by atoms with Crippen LogP contribution in [0.2, 0.25) is 0 Å². The number of hydrogen-bond acceptors (Lipinski definition) is 7. The lowest BCUT2D eigenvalue weighted by atomic mass is 10.3. The number of unbranched alkanes of at least 4 members (excludes halogenated alkanes) is 1. The zero-order valence-corrected chi connectivity index (χ0v) is 12.7. The van der Waals surface area contributed by atoms with Gasteiger partial charge in [0.05, 0.1) is 17.8 Å². The van der Waals surface area contributed by atoms with Gasteiger partial charge in [0.2, 0.25) is 5.82 Å². The molecule has 0 saturated carbocycles. The molecule has 0 radical (unpaired) electrons. The zero-order chi connectivity index (χ0) is 16.2. The van der Waals surface area contributed by atoms with Crippen molar-refractivity contribution in [1.29, 1.82) is 0 Å². The van der Waals surface area contributed by atoms with Crippen LogP contribution in [0.15, 0.2) is 24.4 Å². The van der Waals surface area contributed by atoms with E-state index in [1.807, 2.05) is 0 Å².